The number of aryl methyl sites for hydroxylation is 3. The van der Waals surface area contributed by atoms with Crippen molar-refractivity contribution in [3.05, 3.63) is 40.6 Å². The normalized spacial score (nSPS) is 11.0. The third kappa shape index (κ3) is 4.64. The van der Waals surface area contributed by atoms with Crippen molar-refractivity contribution in [1.29, 1.82) is 5.26 Å². The van der Waals surface area contributed by atoms with Gasteiger partial charge in [0.25, 0.3) is 0 Å². The van der Waals surface area contributed by atoms with Gasteiger partial charge >= 0.3 is 5.97 Å². The third-order valence-electron chi connectivity index (χ3n) is 3.10. The molecule has 112 valence electrons. The van der Waals surface area contributed by atoms with Gasteiger partial charge in [-0.2, -0.15) is 5.26 Å². The first-order valence-electron chi connectivity index (χ1n) is 6.95. The second-order valence-corrected chi connectivity index (χ2v) is 5.15. The first-order chi connectivity index (χ1) is 9.88. The molecule has 0 aliphatic heterocycles. The maximum absolute atomic E-state index is 11.5. The molecule has 0 spiro atoms. The molecule has 21 heavy (non-hydrogen) atoms. The van der Waals surface area contributed by atoms with Gasteiger partial charge in [-0.15, -0.1) is 0 Å². The van der Waals surface area contributed by atoms with Gasteiger partial charge in [-0.3, -0.25) is 4.79 Å². The van der Waals surface area contributed by atoms with Gasteiger partial charge in [0.05, 0.1) is 12.2 Å². The molecule has 4 heteroatoms. The standard InChI is InChI=1S/C17H22N2O2/c1-6-21-16(20)11-19(5)10-15(9-18)17-13(3)7-12(2)8-14(17)4/h7-8,10H,6,11H2,1-5H3. The number of hydrogen-bond donors (Lipinski definition) is 0. The summed E-state index contributed by atoms with van der Waals surface area (Å²) in [4.78, 5) is 13.1. The van der Waals surface area contributed by atoms with Crippen molar-refractivity contribution >= 4 is 11.5 Å². The highest BCUT2D eigenvalue weighted by Crippen LogP contribution is 2.24. The number of carbonyl (C=O) groups excluding carboxylic acids is 1. The molecule has 0 saturated heterocycles. The van der Waals surface area contributed by atoms with Crippen molar-refractivity contribution in [3.8, 4) is 6.07 Å². The molecule has 0 radical (unpaired) electrons. The SMILES string of the molecule is CCOC(=O)CN(C)C=C(C#N)c1c(C)cc(C)cc1C. The number of ether oxygens (including phenoxy) is 1. The second kappa shape index (κ2) is 7.49. The van der Waals surface area contributed by atoms with Crippen LogP contribution in [0.2, 0.25) is 0 Å². The van der Waals surface area contributed by atoms with Crippen molar-refractivity contribution in [2.75, 3.05) is 20.2 Å². The number of allylic oxidation sites excluding steroid dienone is 1. The molecule has 1 aromatic carbocycles. The monoisotopic (exact) mass is 286 g/mol. The average molecular weight is 286 g/mol. The fourth-order valence-electron chi connectivity index (χ4n) is 2.43. The molecule has 0 N–H and O–H groups in total. The van der Waals surface area contributed by atoms with Crippen LogP contribution < -0.4 is 0 Å². The minimum atomic E-state index is -0.300. The summed E-state index contributed by atoms with van der Waals surface area (Å²) in [6.07, 6.45) is 1.70. The van der Waals surface area contributed by atoms with Crippen LogP contribution in [-0.4, -0.2) is 31.1 Å². The van der Waals surface area contributed by atoms with Crippen molar-refractivity contribution in [2.45, 2.75) is 27.7 Å². The molecule has 0 atom stereocenters. The minimum Gasteiger partial charge on any atom is -0.465 e. The van der Waals surface area contributed by atoms with Crippen LogP contribution in [0.1, 0.15) is 29.2 Å². The van der Waals surface area contributed by atoms with E-state index in [0.717, 1.165) is 16.7 Å². The number of nitriles is 1. The Morgan fingerprint density at radius 3 is 2.38 bits per heavy atom. The lowest BCUT2D eigenvalue weighted by atomic mass is 9.95. The van der Waals surface area contributed by atoms with E-state index in [-0.39, 0.29) is 12.5 Å². The van der Waals surface area contributed by atoms with E-state index in [4.69, 9.17) is 4.74 Å². The van der Waals surface area contributed by atoms with E-state index in [2.05, 4.69) is 18.2 Å². The smallest absolute Gasteiger partial charge is 0.325 e. The van der Waals surface area contributed by atoms with Gasteiger partial charge in [0, 0.05) is 13.2 Å². The third-order valence-corrected chi connectivity index (χ3v) is 3.10. The van der Waals surface area contributed by atoms with Crippen LogP contribution in [0.3, 0.4) is 0 Å². The number of hydrogen-bond acceptors (Lipinski definition) is 4. The fraction of sp³-hybridized carbons (Fsp3) is 0.412. The maximum Gasteiger partial charge on any atom is 0.325 e. The van der Waals surface area contributed by atoms with E-state index < -0.39 is 0 Å². The summed E-state index contributed by atoms with van der Waals surface area (Å²) in [5, 5.41) is 9.42. The molecule has 0 aliphatic rings. The van der Waals surface area contributed by atoms with Gasteiger partial charge in [-0.05, 0) is 44.4 Å². The molecule has 0 fully saturated rings. The van der Waals surface area contributed by atoms with Crippen LogP contribution in [0.4, 0.5) is 0 Å². The zero-order chi connectivity index (χ0) is 16.0. The van der Waals surface area contributed by atoms with Crippen molar-refractivity contribution in [2.24, 2.45) is 0 Å². The van der Waals surface area contributed by atoms with Gasteiger partial charge in [-0.25, -0.2) is 0 Å². The van der Waals surface area contributed by atoms with E-state index in [1.165, 1.54) is 5.56 Å². The van der Waals surface area contributed by atoms with E-state index in [1.54, 1.807) is 25.1 Å². The first-order valence-corrected chi connectivity index (χ1v) is 6.95. The zero-order valence-corrected chi connectivity index (χ0v) is 13.4. The van der Waals surface area contributed by atoms with Crippen LogP contribution >= 0.6 is 0 Å². The summed E-state index contributed by atoms with van der Waals surface area (Å²) < 4.78 is 4.90. The molecule has 0 bridgehead atoms. The number of esters is 1. The highest BCUT2D eigenvalue weighted by atomic mass is 16.5. The van der Waals surface area contributed by atoms with E-state index >= 15 is 0 Å². The van der Waals surface area contributed by atoms with E-state index in [1.807, 2.05) is 20.8 Å². The molecule has 0 unspecified atom stereocenters. The van der Waals surface area contributed by atoms with Gasteiger partial charge in [0.1, 0.15) is 12.6 Å². The lowest BCUT2D eigenvalue weighted by Crippen LogP contribution is -2.23. The molecule has 1 aromatic rings. The second-order valence-electron chi connectivity index (χ2n) is 5.15. The molecular formula is C17H22N2O2. The molecule has 0 saturated carbocycles. The minimum absolute atomic E-state index is 0.128. The van der Waals surface area contributed by atoms with Crippen LogP contribution in [0.15, 0.2) is 18.3 Å². The van der Waals surface area contributed by atoms with E-state index in [9.17, 15) is 10.1 Å². The Hall–Kier alpha value is -2.28. The predicted molar refractivity (Wildman–Crippen MR) is 83.5 cm³/mol. The van der Waals surface area contributed by atoms with Crippen LogP contribution in [-0.2, 0) is 9.53 Å². The zero-order valence-electron chi connectivity index (χ0n) is 13.4. The van der Waals surface area contributed by atoms with Gasteiger partial charge in [0.15, 0.2) is 0 Å². The van der Waals surface area contributed by atoms with Gasteiger partial charge in [-0.1, -0.05) is 17.7 Å². The summed E-state index contributed by atoms with van der Waals surface area (Å²) in [6, 6.07) is 6.33. The molecule has 0 amide bonds. The number of carbonyl (C=O) groups is 1. The lowest BCUT2D eigenvalue weighted by Gasteiger charge is -2.16. The largest absolute Gasteiger partial charge is 0.465 e. The Bertz CT molecular complexity index is 574. The Morgan fingerprint density at radius 2 is 1.90 bits per heavy atom. The predicted octanol–water partition coefficient (Wildman–Crippen LogP) is 2.97. The average Bonchev–Trinajstić information content (AvgIpc) is 2.36. The quantitative estimate of drug-likeness (QED) is 0.617. The van der Waals surface area contributed by atoms with Crippen molar-refractivity contribution in [1.82, 2.24) is 4.90 Å². The Kier molecular flexibility index (Phi) is 5.98. The number of rotatable bonds is 5. The summed E-state index contributed by atoms with van der Waals surface area (Å²) in [7, 11) is 1.76. The number of likely N-dealkylation sites (N-methyl/N-ethyl adjacent to an activating group) is 1. The van der Waals surface area contributed by atoms with Gasteiger partial charge in [0.2, 0.25) is 0 Å². The highest BCUT2D eigenvalue weighted by molar-refractivity contribution is 5.81. The first kappa shape index (κ1) is 16.8. The fourth-order valence-corrected chi connectivity index (χ4v) is 2.43. The summed E-state index contributed by atoms with van der Waals surface area (Å²) in [5.74, 6) is -0.300. The molecular weight excluding hydrogens is 264 g/mol. The molecule has 0 heterocycles. The number of nitrogens with zero attached hydrogens (tertiary/aromatic N) is 2. The Morgan fingerprint density at radius 1 is 1.33 bits per heavy atom. The maximum atomic E-state index is 11.5. The van der Waals surface area contributed by atoms with Gasteiger partial charge < -0.3 is 9.64 Å². The molecule has 0 aliphatic carbocycles. The van der Waals surface area contributed by atoms with Crippen molar-refractivity contribution in [3.63, 3.8) is 0 Å². The molecule has 0 aromatic heterocycles. The Labute approximate surface area is 126 Å². The topological polar surface area (TPSA) is 53.3 Å². The van der Waals surface area contributed by atoms with Crippen LogP contribution in [0.25, 0.3) is 5.57 Å². The highest BCUT2D eigenvalue weighted by Gasteiger charge is 2.11. The van der Waals surface area contributed by atoms with E-state index in [0.29, 0.717) is 12.2 Å². The van der Waals surface area contributed by atoms with Crippen LogP contribution in [0.5, 0.6) is 0 Å². The number of benzene rings is 1. The Balaban J connectivity index is 3.06. The summed E-state index contributed by atoms with van der Waals surface area (Å²) in [6.45, 7) is 8.28. The van der Waals surface area contributed by atoms with Crippen molar-refractivity contribution < 1.29 is 9.53 Å². The molecule has 4 nitrogen and oxygen atoms in total. The summed E-state index contributed by atoms with van der Waals surface area (Å²) >= 11 is 0. The van der Waals surface area contributed by atoms with Crippen LogP contribution in [0, 0.1) is 32.1 Å². The molecule has 1 rings (SSSR count). The summed E-state index contributed by atoms with van der Waals surface area (Å²) in [5.41, 5.74) is 4.77. The lowest BCUT2D eigenvalue weighted by molar-refractivity contribution is -0.143.